The summed E-state index contributed by atoms with van der Waals surface area (Å²) in [6.45, 7) is 2.26. The highest BCUT2D eigenvalue weighted by atomic mass is 32.2. The number of hydrogen-bond acceptors (Lipinski definition) is 6. The number of aryl methyl sites for hydroxylation is 1. The van der Waals surface area contributed by atoms with Crippen LogP contribution >= 0.6 is 11.8 Å². The van der Waals surface area contributed by atoms with Crippen molar-refractivity contribution < 1.29 is 9.18 Å². The van der Waals surface area contributed by atoms with Crippen LogP contribution in [0.4, 0.5) is 10.1 Å². The van der Waals surface area contributed by atoms with Crippen molar-refractivity contribution in [1.82, 2.24) is 20.2 Å². The zero-order valence-electron chi connectivity index (χ0n) is 15.1. The Morgan fingerprint density at radius 1 is 1.29 bits per heavy atom. The van der Waals surface area contributed by atoms with Crippen LogP contribution in [-0.4, -0.2) is 38.4 Å². The SMILES string of the molecule is Cc1ccc(N(CCC#N)C(=O)CSc2nnnn2-c2cccc(F)c2)cc1. The second-order valence-electron chi connectivity index (χ2n) is 5.93. The van der Waals surface area contributed by atoms with Gasteiger partial charge >= 0.3 is 0 Å². The third-order valence-corrected chi connectivity index (χ3v) is 4.82. The normalized spacial score (nSPS) is 10.5. The van der Waals surface area contributed by atoms with E-state index in [2.05, 4.69) is 21.6 Å². The third-order valence-electron chi connectivity index (χ3n) is 3.91. The summed E-state index contributed by atoms with van der Waals surface area (Å²) < 4.78 is 14.9. The van der Waals surface area contributed by atoms with Crippen molar-refractivity contribution in [3.8, 4) is 11.8 Å². The summed E-state index contributed by atoms with van der Waals surface area (Å²) >= 11 is 1.15. The van der Waals surface area contributed by atoms with Crippen LogP contribution in [0, 0.1) is 24.1 Å². The molecule has 0 N–H and O–H groups in total. The lowest BCUT2D eigenvalue weighted by Crippen LogP contribution is -2.33. The fourth-order valence-corrected chi connectivity index (χ4v) is 3.29. The minimum absolute atomic E-state index is 0.0784. The maximum Gasteiger partial charge on any atom is 0.237 e. The number of amides is 1. The Hall–Kier alpha value is -3.25. The summed E-state index contributed by atoms with van der Waals surface area (Å²) in [6, 6.07) is 15.5. The van der Waals surface area contributed by atoms with Crippen molar-refractivity contribution >= 4 is 23.4 Å². The summed E-state index contributed by atoms with van der Waals surface area (Å²) in [5, 5.41) is 20.7. The molecule has 142 valence electrons. The number of rotatable bonds is 7. The second-order valence-corrected chi connectivity index (χ2v) is 6.87. The zero-order valence-corrected chi connectivity index (χ0v) is 15.9. The molecule has 0 atom stereocenters. The van der Waals surface area contributed by atoms with Crippen molar-refractivity contribution in [2.45, 2.75) is 18.5 Å². The highest BCUT2D eigenvalue weighted by molar-refractivity contribution is 7.99. The van der Waals surface area contributed by atoms with E-state index in [1.165, 1.54) is 16.8 Å². The molecule has 9 heteroatoms. The Morgan fingerprint density at radius 2 is 2.07 bits per heavy atom. The number of hydrogen-bond donors (Lipinski definition) is 0. The summed E-state index contributed by atoms with van der Waals surface area (Å²) in [5.74, 6) is -0.491. The number of nitriles is 1. The average Bonchev–Trinajstić information content (AvgIpc) is 3.16. The minimum atomic E-state index is -0.401. The molecule has 28 heavy (non-hydrogen) atoms. The van der Waals surface area contributed by atoms with E-state index < -0.39 is 5.82 Å². The van der Waals surface area contributed by atoms with Gasteiger partial charge in [-0.3, -0.25) is 4.79 Å². The van der Waals surface area contributed by atoms with Crippen molar-refractivity contribution in [3.05, 3.63) is 59.9 Å². The van der Waals surface area contributed by atoms with Crippen LogP contribution in [0.5, 0.6) is 0 Å². The molecular formula is C19H17FN6OS. The lowest BCUT2D eigenvalue weighted by Gasteiger charge is -2.21. The first-order valence-electron chi connectivity index (χ1n) is 8.49. The first-order valence-corrected chi connectivity index (χ1v) is 9.48. The van der Waals surface area contributed by atoms with Gasteiger partial charge in [0.15, 0.2) is 0 Å². The van der Waals surface area contributed by atoms with Gasteiger partial charge < -0.3 is 4.90 Å². The fourth-order valence-electron chi connectivity index (χ4n) is 2.53. The van der Waals surface area contributed by atoms with Gasteiger partial charge in [0.1, 0.15) is 5.82 Å². The molecule has 2 aromatic carbocycles. The van der Waals surface area contributed by atoms with E-state index in [0.29, 0.717) is 17.4 Å². The molecule has 0 aliphatic rings. The highest BCUT2D eigenvalue weighted by Crippen LogP contribution is 2.22. The van der Waals surface area contributed by atoms with Crippen LogP contribution in [-0.2, 0) is 4.79 Å². The molecule has 0 fully saturated rings. The van der Waals surface area contributed by atoms with Crippen molar-refractivity contribution in [2.24, 2.45) is 0 Å². The molecular weight excluding hydrogens is 379 g/mol. The van der Waals surface area contributed by atoms with E-state index in [4.69, 9.17) is 5.26 Å². The summed E-state index contributed by atoms with van der Waals surface area (Å²) in [4.78, 5) is 14.4. The molecule has 0 bridgehead atoms. The number of aromatic nitrogens is 4. The van der Waals surface area contributed by atoms with Gasteiger partial charge in [0.25, 0.3) is 0 Å². The van der Waals surface area contributed by atoms with Crippen LogP contribution in [0.2, 0.25) is 0 Å². The lowest BCUT2D eigenvalue weighted by molar-refractivity contribution is -0.116. The topological polar surface area (TPSA) is 87.7 Å². The average molecular weight is 396 g/mol. The number of benzene rings is 2. The number of carbonyl (C=O) groups is 1. The molecule has 0 unspecified atom stereocenters. The van der Waals surface area contributed by atoms with Crippen LogP contribution in [0.25, 0.3) is 5.69 Å². The number of nitrogens with zero attached hydrogens (tertiary/aromatic N) is 6. The van der Waals surface area contributed by atoms with Crippen LogP contribution < -0.4 is 4.90 Å². The molecule has 0 saturated heterocycles. The van der Waals surface area contributed by atoms with E-state index in [9.17, 15) is 9.18 Å². The second kappa shape index (κ2) is 9.10. The Balaban J connectivity index is 1.74. The van der Waals surface area contributed by atoms with Gasteiger partial charge in [0.2, 0.25) is 11.1 Å². The lowest BCUT2D eigenvalue weighted by atomic mass is 10.2. The fraction of sp³-hybridized carbons (Fsp3) is 0.211. The molecule has 1 amide bonds. The molecule has 0 spiro atoms. The molecule has 7 nitrogen and oxygen atoms in total. The number of halogens is 1. The predicted molar refractivity (Wildman–Crippen MR) is 104 cm³/mol. The highest BCUT2D eigenvalue weighted by Gasteiger charge is 2.18. The number of thioether (sulfide) groups is 1. The minimum Gasteiger partial charge on any atom is -0.311 e. The molecule has 0 aliphatic carbocycles. The van der Waals surface area contributed by atoms with Crippen LogP contribution in [0.1, 0.15) is 12.0 Å². The largest absolute Gasteiger partial charge is 0.311 e. The van der Waals surface area contributed by atoms with Gasteiger partial charge in [-0.15, -0.1) is 5.10 Å². The first kappa shape index (κ1) is 19.5. The third kappa shape index (κ3) is 4.72. The van der Waals surface area contributed by atoms with Gasteiger partial charge in [-0.05, 0) is 47.7 Å². The summed E-state index contributed by atoms with van der Waals surface area (Å²) in [5.41, 5.74) is 2.29. The summed E-state index contributed by atoms with van der Waals surface area (Å²) in [6.07, 6.45) is 0.227. The van der Waals surface area contributed by atoms with Crippen LogP contribution in [0.15, 0.2) is 53.7 Å². The zero-order chi connectivity index (χ0) is 19.9. The number of carbonyl (C=O) groups excluding carboxylic acids is 1. The van der Waals surface area contributed by atoms with E-state index in [0.717, 1.165) is 23.0 Å². The Bertz CT molecular complexity index is 998. The number of tetrazole rings is 1. The molecule has 1 heterocycles. The van der Waals surface area contributed by atoms with Gasteiger partial charge in [-0.25, -0.2) is 4.39 Å². The number of anilines is 1. The van der Waals surface area contributed by atoms with Crippen molar-refractivity contribution in [1.29, 1.82) is 5.26 Å². The predicted octanol–water partition coefficient (Wildman–Crippen LogP) is 3.15. The van der Waals surface area contributed by atoms with Gasteiger partial charge in [-0.2, -0.15) is 9.94 Å². The molecule has 3 aromatic rings. The smallest absolute Gasteiger partial charge is 0.237 e. The van der Waals surface area contributed by atoms with E-state index in [1.54, 1.807) is 17.0 Å². The van der Waals surface area contributed by atoms with E-state index in [1.807, 2.05) is 31.2 Å². The molecule has 0 saturated carbocycles. The molecule has 0 radical (unpaired) electrons. The monoisotopic (exact) mass is 396 g/mol. The molecule has 3 rings (SSSR count). The van der Waals surface area contributed by atoms with Gasteiger partial charge in [0, 0.05) is 12.2 Å². The molecule has 0 aliphatic heterocycles. The standard InChI is InChI=1S/C19H17FN6OS/c1-14-6-8-16(9-7-14)25(11-3-10-21)18(27)13-28-19-22-23-24-26(19)17-5-2-4-15(20)12-17/h2,4-9,12H,3,11,13H2,1H3. The maximum absolute atomic E-state index is 13.5. The van der Waals surface area contributed by atoms with Gasteiger partial charge in [-0.1, -0.05) is 35.5 Å². The Morgan fingerprint density at radius 3 is 2.79 bits per heavy atom. The summed E-state index contributed by atoms with van der Waals surface area (Å²) in [7, 11) is 0. The Labute approximate surface area is 165 Å². The maximum atomic E-state index is 13.5. The van der Waals surface area contributed by atoms with Crippen molar-refractivity contribution in [3.63, 3.8) is 0 Å². The van der Waals surface area contributed by atoms with Crippen LogP contribution in [0.3, 0.4) is 0 Å². The van der Waals surface area contributed by atoms with E-state index >= 15 is 0 Å². The first-order chi connectivity index (χ1) is 13.6. The van der Waals surface area contributed by atoms with Crippen molar-refractivity contribution in [2.75, 3.05) is 17.2 Å². The quantitative estimate of drug-likeness (QED) is 0.570. The van der Waals surface area contributed by atoms with Gasteiger partial charge in [0.05, 0.1) is 23.9 Å². The van der Waals surface area contributed by atoms with E-state index in [-0.39, 0.29) is 18.1 Å². The Kier molecular flexibility index (Phi) is 6.34. The molecule has 1 aromatic heterocycles.